The molecule has 0 heterocycles. The molecule has 0 aliphatic rings. The molecule has 0 spiro atoms. The Morgan fingerprint density at radius 2 is 1.44 bits per heavy atom. The van der Waals surface area contributed by atoms with Crippen molar-refractivity contribution in [1.82, 2.24) is 0 Å². The second-order valence-corrected chi connectivity index (χ2v) is 1.58. The van der Waals surface area contributed by atoms with Gasteiger partial charge in [0.25, 0.3) is 0 Å². The molecule has 7 heteroatoms. The van der Waals surface area contributed by atoms with Gasteiger partial charge in [0.1, 0.15) is 6.29 Å². The maximum atomic E-state index is 8.81. The summed E-state index contributed by atoms with van der Waals surface area (Å²) >= 11 is 0. The molecule has 0 aromatic heterocycles. The van der Waals surface area contributed by atoms with E-state index in [0.717, 1.165) is 6.29 Å². The van der Waals surface area contributed by atoms with Crippen molar-refractivity contribution in [2.45, 2.75) is 6.92 Å². The van der Waals surface area contributed by atoms with Crippen molar-refractivity contribution in [3.63, 3.8) is 0 Å². The maximum Gasteiger partial charge on any atom is 1.00 e. The summed E-state index contributed by atoms with van der Waals surface area (Å²) in [5.74, 6) is 0. The Morgan fingerprint density at radius 3 is 1.44 bits per heavy atom. The van der Waals surface area contributed by atoms with Crippen LogP contribution in [0.5, 0.6) is 0 Å². The first-order valence-corrected chi connectivity index (χ1v) is 2.91. The molecule has 0 atom stereocenters. The molecule has 0 radical (unpaired) electrons. The largest absolute Gasteiger partial charge is 1.00 e. The predicted molar refractivity (Wildman–Crippen MR) is 27.0 cm³/mol. The van der Waals surface area contributed by atoms with Crippen LogP contribution < -0.4 is 51.4 Å². The van der Waals surface area contributed by atoms with Crippen LogP contribution in [0, 0.1) is 0 Å². The fourth-order valence-electron chi connectivity index (χ4n) is 0. The molecule has 0 unspecified atom stereocenters. The molecule has 0 aromatic carbocycles. The van der Waals surface area contributed by atoms with Crippen LogP contribution in [0.3, 0.4) is 0 Å². The topological polar surface area (TPSA) is 91.7 Å². The Morgan fingerprint density at radius 1 is 1.44 bits per heavy atom. The van der Waals surface area contributed by atoms with E-state index in [4.69, 9.17) is 22.3 Å². The monoisotopic (exact) mass is 182 g/mol. The number of hydrogen-bond acceptors (Lipinski definition) is 3. The Bertz CT molecular complexity index is 134. The van der Waals surface area contributed by atoms with Gasteiger partial charge < -0.3 is 6.22 Å². The molecular weight excluding hydrogens is 175 g/mol. The van der Waals surface area contributed by atoms with Gasteiger partial charge in [0.15, 0.2) is 0 Å². The van der Waals surface area contributed by atoms with Gasteiger partial charge in [0.05, 0.1) is 0 Å². The van der Waals surface area contributed by atoms with Gasteiger partial charge in [-0.2, -0.15) is 8.42 Å². The predicted octanol–water partition coefficient (Wildman–Crippen LogP) is -3.33. The smallest absolute Gasteiger partial charge is 1.00 e. The first-order chi connectivity index (χ1) is 3.41. The summed E-state index contributed by atoms with van der Waals surface area (Å²) in [5.41, 5.74) is 0. The first-order valence-electron chi connectivity index (χ1n) is 1.51. The second kappa shape index (κ2) is 9.18. The van der Waals surface area contributed by atoms with E-state index in [9.17, 15) is 0 Å². The molecule has 0 saturated carbocycles. The van der Waals surface area contributed by atoms with Gasteiger partial charge in [-0.05, 0) is 6.92 Å². The summed E-state index contributed by atoms with van der Waals surface area (Å²) in [6.45, 7) is 1.44. The van der Waals surface area contributed by atoms with E-state index in [1.807, 2.05) is 0 Å². The molecule has 0 bridgehead atoms. The fourth-order valence-corrected chi connectivity index (χ4v) is 0. The van der Waals surface area contributed by atoms with Gasteiger partial charge in [0.2, 0.25) is 0 Å². The summed E-state index contributed by atoms with van der Waals surface area (Å²) in [5, 5.41) is 0. The molecule has 0 rings (SSSR count). The van der Waals surface area contributed by atoms with Crippen LogP contribution in [0.4, 0.5) is 0 Å². The zero-order valence-electron chi connectivity index (χ0n) is 6.10. The molecule has 0 aliphatic heterocycles. The SMILES string of the molecule is CC=O.O=S(=O)(O)O.[H-].[K+]. The van der Waals surface area contributed by atoms with Crippen LogP contribution in [0.2, 0.25) is 0 Å². The number of carbonyl (C=O) groups is 1. The number of carbonyl (C=O) groups excluding carboxylic acids is 1. The molecule has 0 fully saturated rings. The van der Waals surface area contributed by atoms with Gasteiger partial charge in [-0.3, -0.25) is 9.11 Å². The number of hydrogen-bond donors (Lipinski definition) is 2. The summed E-state index contributed by atoms with van der Waals surface area (Å²) < 4.78 is 31.6. The Labute approximate surface area is 97.3 Å². The second-order valence-electron chi connectivity index (χ2n) is 0.684. The molecule has 0 amide bonds. The van der Waals surface area contributed by atoms with E-state index >= 15 is 0 Å². The van der Waals surface area contributed by atoms with Crippen molar-refractivity contribution in [1.29, 1.82) is 0 Å². The third-order valence-electron chi connectivity index (χ3n) is 0. The van der Waals surface area contributed by atoms with Gasteiger partial charge >= 0.3 is 61.8 Å². The normalized spacial score (nSPS) is 7.89. The van der Waals surface area contributed by atoms with Crippen molar-refractivity contribution in [3.05, 3.63) is 0 Å². The molecule has 0 aromatic rings. The first kappa shape index (κ1) is 16.6. The molecule has 0 saturated heterocycles. The van der Waals surface area contributed by atoms with E-state index in [2.05, 4.69) is 0 Å². The van der Waals surface area contributed by atoms with E-state index in [0.29, 0.717) is 0 Å². The molecule has 0 aliphatic carbocycles. The quantitative estimate of drug-likeness (QED) is 0.232. The minimum atomic E-state index is -4.67. The molecule has 5 nitrogen and oxygen atoms in total. The van der Waals surface area contributed by atoms with Crippen LogP contribution in [0.1, 0.15) is 8.35 Å². The minimum Gasteiger partial charge on any atom is -1.00 e. The average Bonchev–Trinajstić information content (AvgIpc) is 1.27. The van der Waals surface area contributed by atoms with E-state index < -0.39 is 10.4 Å². The molecular formula is C2H7KO5S. The third kappa shape index (κ3) is 342. The molecule has 52 valence electrons. The summed E-state index contributed by atoms with van der Waals surface area (Å²) in [6, 6.07) is 0. The maximum absolute atomic E-state index is 8.81. The van der Waals surface area contributed by atoms with Crippen molar-refractivity contribution in [2.24, 2.45) is 0 Å². The zero-order valence-corrected chi connectivity index (χ0v) is 9.04. The minimum absolute atomic E-state index is 0. The number of aldehydes is 1. The van der Waals surface area contributed by atoms with Gasteiger partial charge in [-0.1, -0.05) is 0 Å². The van der Waals surface area contributed by atoms with Crippen molar-refractivity contribution < 1.29 is 75.1 Å². The van der Waals surface area contributed by atoms with E-state index in [1.54, 1.807) is 0 Å². The fraction of sp³-hybridized carbons (Fsp3) is 0.500. The Hall–Kier alpha value is 1.18. The standard InChI is InChI=1S/C2H4O.K.H2O4S.H/c1-2-3;;1-5(2,3)4;/h2H,1H3;;(H2,1,2,3,4);/q;+1;;-1. The molecule has 2 N–H and O–H groups in total. The van der Waals surface area contributed by atoms with Gasteiger partial charge in [-0.25, -0.2) is 0 Å². The van der Waals surface area contributed by atoms with Crippen LogP contribution in [0.15, 0.2) is 0 Å². The van der Waals surface area contributed by atoms with Crippen molar-refractivity contribution in [2.75, 3.05) is 0 Å². The Balaban J connectivity index is -0.0000000326. The van der Waals surface area contributed by atoms with Gasteiger partial charge in [0, 0.05) is 0 Å². The molecule has 9 heavy (non-hydrogen) atoms. The van der Waals surface area contributed by atoms with E-state index in [1.165, 1.54) is 6.92 Å². The third-order valence-corrected chi connectivity index (χ3v) is 0. The summed E-state index contributed by atoms with van der Waals surface area (Å²) in [4.78, 5) is 8.81. The van der Waals surface area contributed by atoms with Crippen LogP contribution in [0.25, 0.3) is 0 Å². The Kier molecular flexibility index (Phi) is 17.0. The van der Waals surface area contributed by atoms with Crippen LogP contribution in [-0.2, 0) is 15.2 Å². The summed E-state index contributed by atoms with van der Waals surface area (Å²) in [7, 11) is -4.67. The van der Waals surface area contributed by atoms with Crippen LogP contribution >= 0.6 is 0 Å². The zero-order chi connectivity index (χ0) is 7.21. The van der Waals surface area contributed by atoms with Crippen molar-refractivity contribution in [3.8, 4) is 0 Å². The average molecular weight is 182 g/mol. The van der Waals surface area contributed by atoms with Crippen LogP contribution in [-0.4, -0.2) is 23.8 Å². The number of rotatable bonds is 0. The van der Waals surface area contributed by atoms with E-state index in [-0.39, 0.29) is 52.8 Å². The van der Waals surface area contributed by atoms with Gasteiger partial charge in [-0.15, -0.1) is 0 Å². The van der Waals surface area contributed by atoms with Crippen molar-refractivity contribution >= 4 is 16.7 Å². The summed E-state index contributed by atoms with van der Waals surface area (Å²) in [6.07, 6.45) is 0.750.